The smallest absolute Gasteiger partial charge is 0.368 e. The van der Waals surface area contributed by atoms with Gasteiger partial charge in [-0.3, -0.25) is 0 Å². The molecule has 1 aliphatic carbocycles. The first kappa shape index (κ1) is 29.7. The zero-order valence-corrected chi connectivity index (χ0v) is 26.4. The van der Waals surface area contributed by atoms with Crippen LogP contribution in [0.5, 0.6) is 0 Å². The van der Waals surface area contributed by atoms with E-state index in [-0.39, 0.29) is 60.7 Å². The summed E-state index contributed by atoms with van der Waals surface area (Å²) in [7, 11) is 0. The molecule has 1 atom stereocenters. The molecule has 39 heavy (non-hydrogen) atoms. The molecule has 2 nitrogen and oxygen atoms in total. The minimum absolute atomic E-state index is 0. The number of hydrogen-bond donors (Lipinski definition) is 2. The summed E-state index contributed by atoms with van der Waals surface area (Å²) in [6.07, 6.45) is -3.62. The standard InChI is InChI=1S/C32H25ClF3NO.Ac/c33-27-18-19-29(28(22-27)30(38,32(34,35)36)21-20-23-16-17-23)37-31(24-10-4-1-5-11-24,25-12-6-2-7-13-25)26-14-8-3-9-15-26;/h1-15,18-19,22-23,37-38H,16-17H2;. The molecule has 4 aromatic rings. The molecular weight excluding hydrogens is 734 g/mol. The van der Waals surface area contributed by atoms with Gasteiger partial charge in [-0.05, 0) is 47.7 Å². The molecular formula is C32H25AcClF3NO. The maximum atomic E-state index is 14.6. The van der Waals surface area contributed by atoms with Crippen molar-refractivity contribution in [2.24, 2.45) is 5.92 Å². The van der Waals surface area contributed by atoms with E-state index in [0.29, 0.717) is 0 Å². The largest absolute Gasteiger partial charge is 0.433 e. The normalized spacial score (nSPS) is 14.8. The predicted molar refractivity (Wildman–Crippen MR) is 145 cm³/mol. The van der Waals surface area contributed by atoms with Crippen LogP contribution in [0.25, 0.3) is 0 Å². The monoisotopic (exact) mass is 758 g/mol. The number of halogens is 4. The van der Waals surface area contributed by atoms with Crippen molar-refractivity contribution in [2.45, 2.75) is 30.2 Å². The molecule has 1 fully saturated rings. The number of alkyl halides is 3. The van der Waals surface area contributed by atoms with Gasteiger partial charge in [-0.25, -0.2) is 0 Å². The molecule has 7 heteroatoms. The Bertz CT molecular complexity index is 1370. The number of rotatable bonds is 6. The Balaban J connectivity index is 0.00000353. The zero-order valence-electron chi connectivity index (χ0n) is 20.9. The maximum absolute atomic E-state index is 14.6. The molecule has 1 aliphatic rings. The number of nitrogens with one attached hydrogen (secondary N) is 1. The fourth-order valence-corrected chi connectivity index (χ4v) is 4.80. The van der Waals surface area contributed by atoms with Crippen molar-refractivity contribution in [3.05, 3.63) is 136 Å². The van der Waals surface area contributed by atoms with Gasteiger partial charge in [0.05, 0.1) is 0 Å². The summed E-state index contributed by atoms with van der Waals surface area (Å²) in [5.74, 6) is 4.64. The summed E-state index contributed by atoms with van der Waals surface area (Å²) in [6, 6.07) is 32.6. The second kappa shape index (κ2) is 12.1. The molecule has 1 radical (unpaired) electrons. The molecule has 0 heterocycles. The van der Waals surface area contributed by atoms with E-state index in [2.05, 4.69) is 17.2 Å². The number of anilines is 1. The Morgan fingerprint density at radius 1 is 0.744 bits per heavy atom. The third-order valence-electron chi connectivity index (χ3n) is 6.76. The Kier molecular flexibility index (Phi) is 9.19. The van der Waals surface area contributed by atoms with Gasteiger partial charge in [-0.2, -0.15) is 13.2 Å². The van der Waals surface area contributed by atoms with Gasteiger partial charge in [0.15, 0.2) is 0 Å². The van der Waals surface area contributed by atoms with Gasteiger partial charge in [-0.15, -0.1) is 0 Å². The van der Waals surface area contributed by atoms with E-state index in [1.54, 1.807) is 0 Å². The molecule has 1 unspecified atom stereocenters. The van der Waals surface area contributed by atoms with Crippen LogP contribution in [0.4, 0.5) is 18.9 Å². The van der Waals surface area contributed by atoms with Crippen molar-refractivity contribution in [3.8, 4) is 11.8 Å². The Hall–Kier alpha value is -2.28. The van der Waals surface area contributed by atoms with Crippen LogP contribution in [0.2, 0.25) is 5.02 Å². The van der Waals surface area contributed by atoms with Gasteiger partial charge in [-0.1, -0.05) is 114 Å². The molecule has 0 saturated heterocycles. The summed E-state index contributed by atoms with van der Waals surface area (Å²) in [5.41, 5.74) is -2.50. The molecule has 2 N–H and O–H groups in total. The number of hydrogen-bond acceptors (Lipinski definition) is 2. The fraction of sp³-hybridized carbons (Fsp3) is 0.188. The van der Waals surface area contributed by atoms with Crippen LogP contribution >= 0.6 is 11.6 Å². The molecule has 0 spiro atoms. The SMILES string of the molecule is OC(C#CC1CC1)(c1cc(Cl)ccc1NC(c1ccccc1)(c1ccccc1)c1ccccc1)C(F)(F)F.[Ac]. The van der Waals surface area contributed by atoms with Gasteiger partial charge in [0, 0.05) is 66.3 Å². The van der Waals surface area contributed by atoms with Crippen molar-refractivity contribution < 1.29 is 62.3 Å². The first-order valence-electron chi connectivity index (χ1n) is 12.3. The quantitative estimate of drug-likeness (QED) is 0.155. The molecule has 1 saturated carbocycles. The Morgan fingerprint density at radius 2 is 1.21 bits per heavy atom. The van der Waals surface area contributed by atoms with E-state index in [1.165, 1.54) is 12.1 Å². The van der Waals surface area contributed by atoms with Crippen molar-refractivity contribution in [3.63, 3.8) is 0 Å². The summed E-state index contributed by atoms with van der Waals surface area (Å²) in [6.45, 7) is 0. The average molecular weight is 759 g/mol. The number of aliphatic hydroxyl groups is 1. The minimum Gasteiger partial charge on any atom is -0.368 e. The molecule has 5 rings (SSSR count). The maximum Gasteiger partial charge on any atom is 0.433 e. The van der Waals surface area contributed by atoms with Gasteiger partial charge in [0.1, 0.15) is 5.54 Å². The number of benzene rings is 4. The van der Waals surface area contributed by atoms with E-state index in [9.17, 15) is 18.3 Å². The van der Waals surface area contributed by atoms with Crippen LogP contribution in [0, 0.1) is 61.8 Å². The second-order valence-corrected chi connectivity index (χ2v) is 9.85. The molecule has 0 amide bonds. The van der Waals surface area contributed by atoms with Crippen LogP contribution in [0.1, 0.15) is 35.1 Å². The van der Waals surface area contributed by atoms with Crippen LogP contribution < -0.4 is 5.32 Å². The minimum atomic E-state index is -5.06. The zero-order chi connectivity index (χ0) is 26.8. The van der Waals surface area contributed by atoms with Crippen LogP contribution in [0.3, 0.4) is 0 Å². The molecule has 0 aliphatic heterocycles. The average Bonchev–Trinajstić information content (AvgIpc) is 3.77. The fourth-order valence-electron chi connectivity index (χ4n) is 4.63. The third-order valence-corrected chi connectivity index (χ3v) is 6.99. The third kappa shape index (κ3) is 6.08. The van der Waals surface area contributed by atoms with Crippen molar-refractivity contribution >= 4 is 17.3 Å². The van der Waals surface area contributed by atoms with Crippen molar-refractivity contribution in [1.29, 1.82) is 0 Å². The summed E-state index contributed by atoms with van der Waals surface area (Å²) in [5, 5.41) is 14.7. The molecule has 4 aromatic carbocycles. The summed E-state index contributed by atoms with van der Waals surface area (Å²) < 4.78 is 43.7. The van der Waals surface area contributed by atoms with Gasteiger partial charge in [0.2, 0.25) is 5.60 Å². The first-order valence-corrected chi connectivity index (χ1v) is 12.7. The Labute approximate surface area is 267 Å². The van der Waals surface area contributed by atoms with E-state index >= 15 is 0 Å². The van der Waals surface area contributed by atoms with Gasteiger partial charge in [0.25, 0.3) is 0 Å². The predicted octanol–water partition coefficient (Wildman–Crippen LogP) is 7.91. The van der Waals surface area contributed by atoms with Gasteiger partial charge < -0.3 is 10.4 Å². The first-order chi connectivity index (χ1) is 18.2. The summed E-state index contributed by atoms with van der Waals surface area (Å²) >= 11 is 6.22. The van der Waals surface area contributed by atoms with Crippen molar-refractivity contribution in [2.75, 3.05) is 5.32 Å². The molecule has 0 bridgehead atoms. The van der Waals surface area contributed by atoms with Crippen LogP contribution in [-0.4, -0.2) is 11.3 Å². The van der Waals surface area contributed by atoms with Crippen molar-refractivity contribution in [1.82, 2.24) is 0 Å². The van der Waals surface area contributed by atoms with E-state index in [0.717, 1.165) is 35.6 Å². The van der Waals surface area contributed by atoms with Crippen LogP contribution in [0.15, 0.2) is 109 Å². The van der Waals surface area contributed by atoms with Gasteiger partial charge >= 0.3 is 6.18 Å². The topological polar surface area (TPSA) is 32.3 Å². The molecule has 0 aromatic heterocycles. The Morgan fingerprint density at radius 3 is 1.62 bits per heavy atom. The van der Waals surface area contributed by atoms with Crippen LogP contribution in [-0.2, 0) is 11.1 Å². The molecule has 195 valence electrons. The van der Waals surface area contributed by atoms with E-state index < -0.39 is 22.9 Å². The second-order valence-electron chi connectivity index (χ2n) is 9.41. The van der Waals surface area contributed by atoms with E-state index in [4.69, 9.17) is 11.6 Å². The summed E-state index contributed by atoms with van der Waals surface area (Å²) in [4.78, 5) is 0. The van der Waals surface area contributed by atoms with E-state index in [1.807, 2.05) is 91.0 Å².